The smallest absolute Gasteiger partial charge is 0.239 e. The zero-order valence-corrected chi connectivity index (χ0v) is 17.2. The SMILES string of the molecule is [N-]=[N+]=NCC1(C2CCCCC2)CCN(C(=O)C(N)Cc2ccc(Cl)cc2)CC1. The van der Waals surface area contributed by atoms with Gasteiger partial charge in [0, 0.05) is 29.6 Å². The van der Waals surface area contributed by atoms with E-state index in [9.17, 15) is 4.79 Å². The van der Waals surface area contributed by atoms with Crippen molar-refractivity contribution in [2.24, 2.45) is 22.2 Å². The van der Waals surface area contributed by atoms with Gasteiger partial charge in [-0.3, -0.25) is 4.79 Å². The van der Waals surface area contributed by atoms with Gasteiger partial charge in [-0.15, -0.1) is 0 Å². The first kappa shape index (κ1) is 21.0. The van der Waals surface area contributed by atoms with Gasteiger partial charge in [-0.05, 0) is 66.7 Å². The Kier molecular flexibility index (Phi) is 7.22. The van der Waals surface area contributed by atoms with Crippen LogP contribution in [0.3, 0.4) is 0 Å². The molecular weight excluding hydrogens is 374 g/mol. The number of azide groups is 1. The second-order valence-corrected chi connectivity index (χ2v) is 8.79. The molecule has 6 nitrogen and oxygen atoms in total. The Morgan fingerprint density at radius 3 is 2.50 bits per heavy atom. The number of nitrogens with zero attached hydrogens (tertiary/aromatic N) is 4. The molecule has 3 rings (SSSR count). The van der Waals surface area contributed by atoms with Crippen molar-refractivity contribution in [1.29, 1.82) is 0 Å². The molecule has 1 amide bonds. The maximum absolute atomic E-state index is 12.9. The number of carbonyl (C=O) groups excluding carboxylic acids is 1. The summed E-state index contributed by atoms with van der Waals surface area (Å²) in [7, 11) is 0. The van der Waals surface area contributed by atoms with Crippen LogP contribution in [0.4, 0.5) is 0 Å². The summed E-state index contributed by atoms with van der Waals surface area (Å²) in [6.07, 6.45) is 8.56. The van der Waals surface area contributed by atoms with Crippen LogP contribution in [-0.4, -0.2) is 36.5 Å². The average molecular weight is 404 g/mol. The van der Waals surface area contributed by atoms with Crippen molar-refractivity contribution in [1.82, 2.24) is 4.90 Å². The quantitative estimate of drug-likeness (QED) is 0.423. The number of halogens is 1. The molecule has 1 heterocycles. The van der Waals surface area contributed by atoms with E-state index in [0.717, 1.165) is 18.4 Å². The third-order valence-corrected chi connectivity index (χ3v) is 6.93. The number of rotatable bonds is 6. The van der Waals surface area contributed by atoms with Crippen molar-refractivity contribution >= 4 is 17.5 Å². The molecule has 2 N–H and O–H groups in total. The maximum atomic E-state index is 12.9. The van der Waals surface area contributed by atoms with E-state index in [-0.39, 0.29) is 11.3 Å². The second-order valence-electron chi connectivity index (χ2n) is 8.35. The number of hydrogen-bond acceptors (Lipinski definition) is 3. The van der Waals surface area contributed by atoms with Gasteiger partial charge in [0.1, 0.15) is 0 Å². The molecule has 28 heavy (non-hydrogen) atoms. The molecule has 7 heteroatoms. The fraction of sp³-hybridized carbons (Fsp3) is 0.667. The number of benzene rings is 1. The minimum absolute atomic E-state index is 0.0102. The van der Waals surface area contributed by atoms with Crippen molar-refractivity contribution in [2.45, 2.75) is 57.4 Å². The molecule has 1 aromatic rings. The van der Waals surface area contributed by atoms with E-state index in [0.29, 0.717) is 37.0 Å². The lowest BCUT2D eigenvalue weighted by atomic mass is 9.64. The Morgan fingerprint density at radius 2 is 1.89 bits per heavy atom. The summed E-state index contributed by atoms with van der Waals surface area (Å²) in [4.78, 5) is 17.8. The predicted molar refractivity (Wildman–Crippen MR) is 112 cm³/mol. The van der Waals surface area contributed by atoms with Crippen LogP contribution in [0, 0.1) is 11.3 Å². The maximum Gasteiger partial charge on any atom is 0.239 e. The Balaban J connectivity index is 1.60. The fourth-order valence-corrected chi connectivity index (χ4v) is 5.08. The Bertz CT molecular complexity index is 702. The van der Waals surface area contributed by atoms with Crippen LogP contribution in [0.5, 0.6) is 0 Å². The highest BCUT2D eigenvalue weighted by Gasteiger charge is 2.42. The third-order valence-electron chi connectivity index (χ3n) is 6.68. The van der Waals surface area contributed by atoms with Gasteiger partial charge in [-0.2, -0.15) is 0 Å². The minimum atomic E-state index is -0.541. The zero-order valence-electron chi connectivity index (χ0n) is 16.4. The highest BCUT2D eigenvalue weighted by molar-refractivity contribution is 6.30. The minimum Gasteiger partial charge on any atom is -0.341 e. The van der Waals surface area contributed by atoms with Gasteiger partial charge >= 0.3 is 0 Å². The van der Waals surface area contributed by atoms with Crippen molar-refractivity contribution in [2.75, 3.05) is 19.6 Å². The zero-order chi connectivity index (χ0) is 20.0. The first-order chi connectivity index (χ1) is 13.5. The Morgan fingerprint density at radius 1 is 1.25 bits per heavy atom. The molecule has 152 valence electrons. The summed E-state index contributed by atoms with van der Waals surface area (Å²) in [5.74, 6) is 0.614. The van der Waals surface area contributed by atoms with E-state index < -0.39 is 6.04 Å². The van der Waals surface area contributed by atoms with Crippen molar-refractivity contribution in [3.63, 3.8) is 0 Å². The van der Waals surface area contributed by atoms with Crippen LogP contribution in [0.1, 0.15) is 50.5 Å². The Labute approximate surface area is 172 Å². The van der Waals surface area contributed by atoms with Gasteiger partial charge in [-0.1, -0.05) is 48.1 Å². The summed E-state index contributed by atoms with van der Waals surface area (Å²) in [6, 6.07) is 6.94. The van der Waals surface area contributed by atoms with E-state index in [1.165, 1.54) is 32.1 Å². The van der Waals surface area contributed by atoms with Crippen LogP contribution in [0.2, 0.25) is 5.02 Å². The van der Waals surface area contributed by atoms with Gasteiger partial charge in [0.25, 0.3) is 0 Å². The van der Waals surface area contributed by atoms with Gasteiger partial charge in [0.15, 0.2) is 0 Å². The molecule has 1 aliphatic heterocycles. The molecule has 0 bridgehead atoms. The summed E-state index contributed by atoms with van der Waals surface area (Å²) in [6.45, 7) is 1.95. The molecule has 1 saturated heterocycles. The normalized spacial score (nSPS) is 21.0. The number of piperidine rings is 1. The highest BCUT2D eigenvalue weighted by Crippen LogP contribution is 2.46. The van der Waals surface area contributed by atoms with E-state index in [4.69, 9.17) is 22.9 Å². The van der Waals surface area contributed by atoms with Crippen molar-refractivity contribution < 1.29 is 4.79 Å². The Hall–Kier alpha value is -1.75. The molecule has 1 aliphatic carbocycles. The van der Waals surface area contributed by atoms with Crippen LogP contribution in [0.15, 0.2) is 29.4 Å². The standard InChI is InChI=1S/C21H30ClN5O/c22-18-8-6-16(7-9-18)14-19(23)20(28)27-12-10-21(11-13-27,15-25-26-24)17-4-2-1-3-5-17/h6-9,17,19H,1-5,10-15,23H2. The van der Waals surface area contributed by atoms with E-state index in [2.05, 4.69) is 10.0 Å². The summed E-state index contributed by atoms with van der Waals surface area (Å²) >= 11 is 5.92. The summed E-state index contributed by atoms with van der Waals surface area (Å²) in [5.41, 5.74) is 16.1. The number of carbonyl (C=O) groups is 1. The van der Waals surface area contributed by atoms with Crippen LogP contribution in [-0.2, 0) is 11.2 Å². The molecule has 1 unspecified atom stereocenters. The fourth-order valence-electron chi connectivity index (χ4n) is 4.95. The lowest BCUT2D eigenvalue weighted by Gasteiger charge is -2.47. The van der Waals surface area contributed by atoms with Crippen LogP contribution < -0.4 is 5.73 Å². The van der Waals surface area contributed by atoms with Gasteiger partial charge in [-0.25, -0.2) is 0 Å². The first-order valence-corrected chi connectivity index (χ1v) is 10.7. The van der Waals surface area contributed by atoms with Gasteiger partial charge in [0.2, 0.25) is 5.91 Å². The number of hydrogen-bond donors (Lipinski definition) is 1. The molecule has 1 aromatic carbocycles. The number of likely N-dealkylation sites (tertiary alicyclic amines) is 1. The van der Waals surface area contributed by atoms with Crippen LogP contribution in [0.25, 0.3) is 10.4 Å². The van der Waals surface area contributed by atoms with Crippen molar-refractivity contribution in [3.05, 3.63) is 45.3 Å². The van der Waals surface area contributed by atoms with E-state index in [1.54, 1.807) is 0 Å². The van der Waals surface area contributed by atoms with Gasteiger partial charge < -0.3 is 10.6 Å². The predicted octanol–water partition coefficient (Wildman–Crippen LogP) is 4.71. The second kappa shape index (κ2) is 9.64. The number of amides is 1. The molecule has 2 fully saturated rings. The van der Waals surface area contributed by atoms with Crippen LogP contribution >= 0.6 is 11.6 Å². The summed E-state index contributed by atoms with van der Waals surface area (Å²) in [5, 5.41) is 4.63. The van der Waals surface area contributed by atoms with Crippen molar-refractivity contribution in [3.8, 4) is 0 Å². The monoisotopic (exact) mass is 403 g/mol. The van der Waals surface area contributed by atoms with E-state index >= 15 is 0 Å². The topological polar surface area (TPSA) is 95.1 Å². The molecule has 1 saturated carbocycles. The lowest BCUT2D eigenvalue weighted by Crippen LogP contribution is -2.52. The largest absolute Gasteiger partial charge is 0.341 e. The highest BCUT2D eigenvalue weighted by atomic mass is 35.5. The average Bonchev–Trinajstić information content (AvgIpc) is 2.74. The lowest BCUT2D eigenvalue weighted by molar-refractivity contribution is -0.135. The summed E-state index contributed by atoms with van der Waals surface area (Å²) < 4.78 is 0. The third kappa shape index (κ3) is 4.99. The first-order valence-electron chi connectivity index (χ1n) is 10.3. The molecule has 0 spiro atoms. The number of nitrogens with two attached hydrogens (primary N) is 1. The molecule has 2 aliphatic rings. The molecule has 0 aromatic heterocycles. The molecule has 1 atom stereocenters. The molecular formula is C21H30ClN5O. The molecule has 0 radical (unpaired) electrons. The van der Waals surface area contributed by atoms with E-state index in [1.807, 2.05) is 29.2 Å². The van der Waals surface area contributed by atoms with Gasteiger partial charge in [0.05, 0.1) is 6.04 Å².